The summed E-state index contributed by atoms with van der Waals surface area (Å²) in [6.07, 6.45) is 3.79. The highest BCUT2D eigenvalue weighted by Crippen LogP contribution is 2.39. The Labute approximate surface area is 146 Å². The molecule has 0 aromatic carbocycles. The van der Waals surface area contributed by atoms with Gasteiger partial charge in [0.25, 0.3) is 5.56 Å². The second-order valence-corrected chi connectivity index (χ2v) is 11.6. The van der Waals surface area contributed by atoms with Crippen molar-refractivity contribution < 1.29 is 14.9 Å². The molecule has 2 heterocycles. The van der Waals surface area contributed by atoms with Gasteiger partial charge >= 0.3 is 0 Å². The van der Waals surface area contributed by atoms with Crippen LogP contribution in [-0.2, 0) is 11.3 Å². The Hall–Kier alpha value is -0.760. The van der Waals surface area contributed by atoms with Crippen molar-refractivity contribution in [2.24, 2.45) is 0 Å². The molecule has 2 unspecified atom stereocenters. The molecule has 4 N–H and O–H groups in total. The summed E-state index contributed by atoms with van der Waals surface area (Å²) < 4.78 is 7.52. The number of aromatic nitrogens is 2. The first kappa shape index (κ1) is 19.6. The molecular formula is C15H26N3O4PS. The number of ether oxygens (including phenoxy) is 1. The van der Waals surface area contributed by atoms with Gasteiger partial charge in [-0.15, -0.1) is 13.2 Å². The molecule has 0 radical (unpaired) electrons. The maximum atomic E-state index is 11.9. The standard InChI is InChI=1S/C15H26N3O4PS/c1-16-7-9-8-18(15(24)17-13(9)21)14-12(20)11(19)10(22-14)5-6-23(2,3)4/h8,10-12,14,16,19-20H,2,5-7H2,1,3-4H3,(H,17,21,24)/t10?,11-,12-,14?/m1/s1. The molecule has 1 aromatic heterocycles. The van der Waals surface area contributed by atoms with E-state index in [-0.39, 0.29) is 10.3 Å². The molecule has 1 aromatic rings. The van der Waals surface area contributed by atoms with E-state index < -0.39 is 31.4 Å². The van der Waals surface area contributed by atoms with Crippen molar-refractivity contribution in [3.63, 3.8) is 0 Å². The van der Waals surface area contributed by atoms with E-state index in [9.17, 15) is 15.0 Å². The van der Waals surface area contributed by atoms with Crippen molar-refractivity contribution in [1.82, 2.24) is 14.9 Å². The first-order valence-electron chi connectivity index (χ1n) is 7.82. The molecule has 0 aliphatic carbocycles. The molecule has 0 saturated carbocycles. The van der Waals surface area contributed by atoms with E-state index in [2.05, 4.69) is 29.9 Å². The van der Waals surface area contributed by atoms with Crippen molar-refractivity contribution in [2.75, 3.05) is 26.5 Å². The van der Waals surface area contributed by atoms with Crippen molar-refractivity contribution >= 4 is 25.4 Å². The van der Waals surface area contributed by atoms with Gasteiger partial charge in [-0.3, -0.25) is 14.3 Å². The van der Waals surface area contributed by atoms with E-state index in [1.807, 2.05) is 0 Å². The van der Waals surface area contributed by atoms with Gasteiger partial charge in [-0.1, -0.05) is 0 Å². The fourth-order valence-corrected chi connectivity index (χ4v) is 3.91. The van der Waals surface area contributed by atoms with Gasteiger partial charge in [0, 0.05) is 18.3 Å². The summed E-state index contributed by atoms with van der Waals surface area (Å²) in [4.78, 5) is 14.5. The van der Waals surface area contributed by atoms with Gasteiger partial charge in [-0.05, 0) is 45.2 Å². The molecule has 1 fully saturated rings. The van der Waals surface area contributed by atoms with Crippen LogP contribution in [0.3, 0.4) is 0 Å². The summed E-state index contributed by atoms with van der Waals surface area (Å²) in [7, 11) is 1.73. The molecule has 1 aliphatic heterocycles. The quantitative estimate of drug-likeness (QED) is 0.423. The maximum Gasteiger partial charge on any atom is 0.256 e. The molecule has 24 heavy (non-hydrogen) atoms. The van der Waals surface area contributed by atoms with E-state index in [1.165, 1.54) is 4.57 Å². The Morgan fingerprint density at radius 1 is 1.46 bits per heavy atom. The van der Waals surface area contributed by atoms with Gasteiger partial charge in [-0.25, -0.2) is 0 Å². The number of H-pyrrole nitrogens is 1. The number of nitrogens with one attached hydrogen (secondary N) is 2. The molecule has 136 valence electrons. The van der Waals surface area contributed by atoms with Crippen LogP contribution >= 0.6 is 19.1 Å². The number of aliphatic hydroxyl groups is 2. The first-order chi connectivity index (χ1) is 11.1. The summed E-state index contributed by atoms with van der Waals surface area (Å²) in [6.45, 7) is 3.35. The lowest BCUT2D eigenvalue weighted by atomic mass is 10.1. The summed E-state index contributed by atoms with van der Waals surface area (Å²) in [6, 6.07) is 0. The van der Waals surface area contributed by atoms with Crippen LogP contribution in [0.25, 0.3) is 0 Å². The van der Waals surface area contributed by atoms with E-state index in [0.717, 1.165) is 6.16 Å². The Bertz CT molecular complexity index is 741. The minimum Gasteiger partial charge on any atom is -0.388 e. The first-order valence-corrected chi connectivity index (χ1v) is 11.3. The number of nitrogens with zero attached hydrogens (tertiary/aromatic N) is 1. The van der Waals surface area contributed by atoms with Crippen molar-refractivity contribution in [3.8, 4) is 0 Å². The zero-order valence-corrected chi connectivity index (χ0v) is 15.9. The number of aromatic amines is 1. The Morgan fingerprint density at radius 2 is 2.12 bits per heavy atom. The second-order valence-electron chi connectivity index (χ2n) is 6.85. The molecule has 7 nitrogen and oxygen atoms in total. The Morgan fingerprint density at radius 3 is 2.71 bits per heavy atom. The zero-order valence-electron chi connectivity index (χ0n) is 14.2. The fourth-order valence-electron chi connectivity index (χ4n) is 2.71. The van der Waals surface area contributed by atoms with Crippen molar-refractivity contribution in [3.05, 3.63) is 26.9 Å². The fraction of sp³-hybridized carbons (Fsp3) is 0.667. The van der Waals surface area contributed by atoms with Gasteiger partial charge in [0.2, 0.25) is 0 Å². The normalized spacial score (nSPS) is 27.5. The van der Waals surface area contributed by atoms with Gasteiger partial charge in [-0.2, -0.15) is 0 Å². The Kier molecular flexibility index (Phi) is 6.23. The van der Waals surface area contributed by atoms with Crippen LogP contribution in [-0.4, -0.2) is 70.9 Å². The van der Waals surface area contributed by atoms with Gasteiger partial charge in [0.05, 0.1) is 6.10 Å². The largest absolute Gasteiger partial charge is 0.388 e. The van der Waals surface area contributed by atoms with Crippen LogP contribution in [0.2, 0.25) is 0 Å². The van der Waals surface area contributed by atoms with Crippen LogP contribution in [0.4, 0.5) is 0 Å². The highest BCUT2D eigenvalue weighted by atomic mass is 32.1. The highest BCUT2D eigenvalue weighted by Gasteiger charge is 2.43. The smallest absolute Gasteiger partial charge is 0.256 e. The van der Waals surface area contributed by atoms with Crippen LogP contribution in [0.5, 0.6) is 0 Å². The number of hydrogen-bond donors (Lipinski definition) is 4. The minimum atomic E-state index is -1.24. The predicted octanol–water partition coefficient (Wildman–Crippen LogP) is 0.344. The maximum absolute atomic E-state index is 11.9. The number of rotatable bonds is 6. The van der Waals surface area contributed by atoms with Gasteiger partial charge in [0.15, 0.2) is 11.0 Å². The monoisotopic (exact) mass is 375 g/mol. The molecule has 0 bridgehead atoms. The summed E-state index contributed by atoms with van der Waals surface area (Å²) in [5.74, 6) is 0. The molecule has 0 spiro atoms. The van der Waals surface area contributed by atoms with E-state index in [4.69, 9.17) is 17.0 Å². The van der Waals surface area contributed by atoms with Crippen LogP contribution in [0.15, 0.2) is 11.0 Å². The average molecular weight is 375 g/mol. The molecule has 1 saturated heterocycles. The lowest BCUT2D eigenvalue weighted by Crippen LogP contribution is -2.33. The molecule has 2 rings (SSSR count). The number of hydrogen-bond acceptors (Lipinski definition) is 6. The lowest BCUT2D eigenvalue weighted by molar-refractivity contribution is -0.0392. The molecule has 0 amide bonds. The zero-order chi connectivity index (χ0) is 18.1. The summed E-state index contributed by atoms with van der Waals surface area (Å²) in [5, 5.41) is 23.6. The summed E-state index contributed by atoms with van der Waals surface area (Å²) >= 11 is 5.18. The van der Waals surface area contributed by atoms with Gasteiger partial charge in [0.1, 0.15) is 12.2 Å². The van der Waals surface area contributed by atoms with E-state index in [0.29, 0.717) is 18.5 Å². The second kappa shape index (κ2) is 7.64. The van der Waals surface area contributed by atoms with E-state index in [1.54, 1.807) is 13.2 Å². The minimum absolute atomic E-state index is 0.154. The Balaban J connectivity index is 2.26. The molecule has 4 atom stereocenters. The van der Waals surface area contributed by atoms with Gasteiger partial charge < -0.3 is 20.3 Å². The lowest BCUT2D eigenvalue weighted by Gasteiger charge is -2.20. The van der Waals surface area contributed by atoms with Crippen molar-refractivity contribution in [1.29, 1.82) is 0 Å². The summed E-state index contributed by atoms with van der Waals surface area (Å²) in [5.41, 5.74) is 0.198. The van der Waals surface area contributed by atoms with E-state index >= 15 is 0 Å². The van der Waals surface area contributed by atoms with Crippen LogP contribution < -0.4 is 10.9 Å². The topological polar surface area (TPSA) is 99.5 Å². The predicted molar refractivity (Wildman–Crippen MR) is 99.9 cm³/mol. The third-order valence-corrected chi connectivity index (χ3v) is 5.82. The molecule has 9 heteroatoms. The number of aliphatic hydroxyl groups excluding tert-OH is 2. The third-order valence-electron chi connectivity index (χ3n) is 4.04. The molecular weight excluding hydrogens is 349 g/mol. The van der Waals surface area contributed by atoms with Crippen molar-refractivity contribution in [2.45, 2.75) is 37.5 Å². The third kappa shape index (κ3) is 4.45. The van der Waals surface area contributed by atoms with Crippen LogP contribution in [0.1, 0.15) is 18.2 Å². The SMILES string of the molecule is C=P(C)(C)CCC1OC(n2cc(CNC)c(=O)[nH]c2=S)[C@H](O)[C@@H]1O. The highest BCUT2D eigenvalue weighted by molar-refractivity contribution is 7.72. The molecule has 1 aliphatic rings. The average Bonchev–Trinajstić information content (AvgIpc) is 2.75. The van der Waals surface area contributed by atoms with Crippen LogP contribution in [0, 0.1) is 4.77 Å².